The van der Waals surface area contributed by atoms with Crippen LogP contribution >= 0.6 is 15.9 Å². The van der Waals surface area contributed by atoms with Crippen molar-refractivity contribution in [2.24, 2.45) is 5.73 Å². The van der Waals surface area contributed by atoms with Crippen molar-refractivity contribution in [3.05, 3.63) is 28.2 Å². The molecule has 0 unspecified atom stereocenters. The second kappa shape index (κ2) is 4.94. The number of hydrogen-bond donors (Lipinski definition) is 1. The summed E-state index contributed by atoms with van der Waals surface area (Å²) in [5.41, 5.74) is 7.14. The molecule has 1 saturated carbocycles. The first-order chi connectivity index (χ1) is 8.39. The van der Waals surface area contributed by atoms with Crippen molar-refractivity contribution in [3.63, 3.8) is 0 Å². The van der Waals surface area contributed by atoms with Crippen LogP contribution in [0.25, 0.3) is 0 Å². The fraction of sp³-hybridized carbons (Fsp3) is 0.538. The van der Waals surface area contributed by atoms with Crippen molar-refractivity contribution in [2.75, 3.05) is 12.8 Å². The Balaban J connectivity index is 2.46. The van der Waals surface area contributed by atoms with E-state index in [1.807, 2.05) is 12.1 Å². The molecule has 2 rings (SSSR count). The second-order valence-electron chi connectivity index (χ2n) is 5.11. The van der Waals surface area contributed by atoms with Gasteiger partial charge in [0.15, 0.2) is 9.84 Å². The molecular weight excluding hydrogens is 314 g/mol. The minimum absolute atomic E-state index is 0.0402. The Morgan fingerprint density at radius 3 is 2.39 bits per heavy atom. The molecule has 0 aliphatic heterocycles. The number of halogens is 1. The first kappa shape index (κ1) is 14.0. The van der Waals surface area contributed by atoms with Gasteiger partial charge in [-0.15, -0.1) is 0 Å². The van der Waals surface area contributed by atoms with Crippen molar-refractivity contribution < 1.29 is 8.42 Å². The molecule has 0 atom stereocenters. The van der Waals surface area contributed by atoms with Crippen LogP contribution in [-0.4, -0.2) is 21.2 Å². The lowest BCUT2D eigenvalue weighted by Gasteiger charge is -2.28. The molecule has 0 radical (unpaired) electrons. The number of nitrogens with two attached hydrogens (primary N) is 1. The lowest BCUT2D eigenvalue weighted by molar-refractivity contribution is 0.452. The third-order valence-corrected chi connectivity index (χ3v) is 5.97. The Hall–Kier alpha value is -0.390. The summed E-state index contributed by atoms with van der Waals surface area (Å²) in [7, 11) is -3.18. The summed E-state index contributed by atoms with van der Waals surface area (Å²) in [6.07, 6.45) is 5.80. The molecular formula is C13H18BrNO2S. The van der Waals surface area contributed by atoms with Crippen LogP contribution in [0.1, 0.15) is 31.2 Å². The van der Waals surface area contributed by atoms with E-state index >= 15 is 0 Å². The highest BCUT2D eigenvalue weighted by Crippen LogP contribution is 2.41. The maximum atomic E-state index is 11.6. The SMILES string of the molecule is CS(=O)(=O)c1ccc(C2(CN)CCCC2)cc1Br. The van der Waals surface area contributed by atoms with Gasteiger partial charge in [0.1, 0.15) is 0 Å². The van der Waals surface area contributed by atoms with E-state index in [0.717, 1.165) is 18.4 Å². The molecule has 0 saturated heterocycles. The van der Waals surface area contributed by atoms with Crippen LogP contribution in [-0.2, 0) is 15.3 Å². The van der Waals surface area contributed by atoms with Crippen molar-refractivity contribution >= 4 is 25.8 Å². The summed E-state index contributed by atoms with van der Waals surface area (Å²) in [6, 6.07) is 5.53. The van der Waals surface area contributed by atoms with E-state index in [2.05, 4.69) is 15.9 Å². The summed E-state index contributed by atoms with van der Waals surface area (Å²) in [4.78, 5) is 0.344. The van der Waals surface area contributed by atoms with E-state index in [-0.39, 0.29) is 5.41 Å². The standard InChI is InChI=1S/C13H18BrNO2S/c1-18(16,17)12-5-4-10(8-11(12)14)13(9-15)6-2-3-7-13/h4-5,8H,2-3,6-7,9,15H2,1H3. The number of hydrogen-bond acceptors (Lipinski definition) is 3. The van der Waals surface area contributed by atoms with Gasteiger partial charge < -0.3 is 5.73 Å². The van der Waals surface area contributed by atoms with E-state index in [4.69, 9.17) is 5.73 Å². The Bertz CT molecular complexity index is 548. The van der Waals surface area contributed by atoms with Gasteiger partial charge in [0.25, 0.3) is 0 Å². The zero-order chi connectivity index (χ0) is 13.4. The van der Waals surface area contributed by atoms with Gasteiger partial charge in [-0.05, 0) is 46.5 Å². The first-order valence-corrected chi connectivity index (χ1v) is 8.78. The molecule has 2 N–H and O–H groups in total. The summed E-state index contributed by atoms with van der Waals surface area (Å²) < 4.78 is 23.8. The fourth-order valence-electron chi connectivity index (χ4n) is 2.79. The molecule has 5 heteroatoms. The molecule has 1 fully saturated rings. The molecule has 0 spiro atoms. The molecule has 1 aromatic carbocycles. The van der Waals surface area contributed by atoms with Gasteiger partial charge in [-0.25, -0.2) is 8.42 Å². The highest BCUT2D eigenvalue weighted by Gasteiger charge is 2.34. The van der Waals surface area contributed by atoms with Crippen LogP contribution in [0.15, 0.2) is 27.6 Å². The lowest BCUT2D eigenvalue weighted by atomic mass is 9.79. The molecule has 3 nitrogen and oxygen atoms in total. The minimum Gasteiger partial charge on any atom is -0.330 e. The molecule has 0 aromatic heterocycles. The highest BCUT2D eigenvalue weighted by atomic mass is 79.9. The first-order valence-electron chi connectivity index (χ1n) is 6.09. The zero-order valence-corrected chi connectivity index (χ0v) is 12.9. The van der Waals surface area contributed by atoms with Crippen molar-refractivity contribution in [1.29, 1.82) is 0 Å². The maximum Gasteiger partial charge on any atom is 0.176 e. The monoisotopic (exact) mass is 331 g/mol. The summed E-state index contributed by atoms with van der Waals surface area (Å²) in [5.74, 6) is 0. The second-order valence-corrected chi connectivity index (χ2v) is 7.95. The van der Waals surface area contributed by atoms with Gasteiger partial charge in [0.05, 0.1) is 4.90 Å². The molecule has 18 heavy (non-hydrogen) atoms. The van der Waals surface area contributed by atoms with Crippen LogP contribution in [0.5, 0.6) is 0 Å². The van der Waals surface area contributed by atoms with Crippen molar-refractivity contribution in [1.82, 2.24) is 0 Å². The topological polar surface area (TPSA) is 60.2 Å². The lowest BCUT2D eigenvalue weighted by Crippen LogP contribution is -2.32. The van der Waals surface area contributed by atoms with Crippen LogP contribution in [0, 0.1) is 0 Å². The van der Waals surface area contributed by atoms with Crippen molar-refractivity contribution in [3.8, 4) is 0 Å². The normalized spacial score (nSPS) is 19.1. The van der Waals surface area contributed by atoms with Gasteiger partial charge >= 0.3 is 0 Å². The summed E-state index contributed by atoms with van der Waals surface area (Å²) in [6.45, 7) is 0.623. The van der Waals surface area contributed by atoms with Crippen LogP contribution in [0.3, 0.4) is 0 Å². The molecule has 0 heterocycles. The van der Waals surface area contributed by atoms with Gasteiger partial charge in [-0.2, -0.15) is 0 Å². The minimum atomic E-state index is -3.18. The summed E-state index contributed by atoms with van der Waals surface area (Å²) >= 11 is 3.36. The molecule has 1 aromatic rings. The number of sulfone groups is 1. The largest absolute Gasteiger partial charge is 0.330 e. The molecule has 0 bridgehead atoms. The third-order valence-electron chi connectivity index (χ3n) is 3.90. The molecule has 1 aliphatic rings. The van der Waals surface area contributed by atoms with E-state index in [0.29, 0.717) is 15.9 Å². The van der Waals surface area contributed by atoms with Gasteiger partial charge in [0.2, 0.25) is 0 Å². The van der Waals surface area contributed by atoms with Crippen molar-refractivity contribution in [2.45, 2.75) is 36.0 Å². The molecule has 1 aliphatic carbocycles. The van der Waals surface area contributed by atoms with E-state index in [9.17, 15) is 8.42 Å². The number of rotatable bonds is 3. The van der Waals surface area contributed by atoms with Gasteiger partial charge in [-0.3, -0.25) is 0 Å². The predicted molar refractivity (Wildman–Crippen MR) is 76.5 cm³/mol. The third kappa shape index (κ3) is 2.49. The highest BCUT2D eigenvalue weighted by molar-refractivity contribution is 9.10. The Morgan fingerprint density at radius 1 is 1.33 bits per heavy atom. The molecule has 100 valence electrons. The maximum absolute atomic E-state index is 11.6. The van der Waals surface area contributed by atoms with E-state index < -0.39 is 9.84 Å². The van der Waals surface area contributed by atoms with Crippen LogP contribution in [0.2, 0.25) is 0 Å². The molecule has 0 amide bonds. The Kier molecular flexibility index (Phi) is 3.85. The van der Waals surface area contributed by atoms with Gasteiger partial charge in [0, 0.05) is 22.7 Å². The van der Waals surface area contributed by atoms with Crippen LogP contribution in [0.4, 0.5) is 0 Å². The Labute approximate surface area is 117 Å². The summed E-state index contributed by atoms with van der Waals surface area (Å²) in [5, 5.41) is 0. The van der Waals surface area contributed by atoms with Gasteiger partial charge in [-0.1, -0.05) is 18.9 Å². The van der Waals surface area contributed by atoms with E-state index in [1.54, 1.807) is 6.07 Å². The average Bonchev–Trinajstić information content (AvgIpc) is 2.76. The van der Waals surface area contributed by atoms with E-state index in [1.165, 1.54) is 19.1 Å². The zero-order valence-electron chi connectivity index (χ0n) is 10.4. The van der Waals surface area contributed by atoms with Crippen LogP contribution < -0.4 is 5.73 Å². The predicted octanol–water partition coefficient (Wildman–Crippen LogP) is 2.62. The number of benzene rings is 1. The Morgan fingerprint density at radius 2 is 1.94 bits per heavy atom. The quantitative estimate of drug-likeness (QED) is 0.926. The smallest absolute Gasteiger partial charge is 0.176 e. The fourth-order valence-corrected chi connectivity index (χ4v) is 4.78. The average molecular weight is 332 g/mol.